The van der Waals surface area contributed by atoms with Crippen LogP contribution in [-0.2, 0) is 6.42 Å². The molecule has 1 unspecified atom stereocenters. The van der Waals surface area contributed by atoms with E-state index in [9.17, 15) is 0 Å². The average molecular weight is 226 g/mol. The van der Waals surface area contributed by atoms with Gasteiger partial charge in [-0.1, -0.05) is 32.8 Å². The number of rotatable bonds is 5. The highest BCUT2D eigenvalue weighted by Crippen LogP contribution is 2.25. The van der Waals surface area contributed by atoms with Crippen LogP contribution in [0.5, 0.6) is 0 Å². The third kappa shape index (κ3) is 3.81. The van der Waals surface area contributed by atoms with Crippen molar-refractivity contribution in [3.8, 4) is 0 Å². The summed E-state index contributed by atoms with van der Waals surface area (Å²) in [5.41, 5.74) is 5.67. The summed E-state index contributed by atoms with van der Waals surface area (Å²) in [6, 6.07) is 0.486. The summed E-state index contributed by atoms with van der Waals surface area (Å²) in [5, 5.41) is 10.9. The van der Waals surface area contributed by atoms with Crippen LogP contribution < -0.4 is 11.1 Å². The zero-order valence-electron chi connectivity index (χ0n) is 10.6. The first-order valence-electron chi connectivity index (χ1n) is 5.70. The fourth-order valence-corrected chi connectivity index (χ4v) is 1.10. The van der Waals surface area contributed by atoms with Gasteiger partial charge >= 0.3 is 6.01 Å². The first-order chi connectivity index (χ1) is 7.43. The smallest absolute Gasteiger partial charge is 0.315 e. The van der Waals surface area contributed by atoms with Crippen molar-refractivity contribution in [1.29, 1.82) is 0 Å². The van der Waals surface area contributed by atoms with Crippen molar-refractivity contribution in [2.24, 2.45) is 17.1 Å². The Hall–Kier alpha value is -1.10. The van der Waals surface area contributed by atoms with E-state index < -0.39 is 0 Å². The number of anilines is 1. The van der Waals surface area contributed by atoms with Crippen LogP contribution in [0.4, 0.5) is 6.01 Å². The second-order valence-corrected chi connectivity index (χ2v) is 5.19. The van der Waals surface area contributed by atoms with Crippen LogP contribution in [0.25, 0.3) is 0 Å². The van der Waals surface area contributed by atoms with Crippen molar-refractivity contribution < 1.29 is 4.42 Å². The van der Waals surface area contributed by atoms with E-state index in [1.54, 1.807) is 0 Å². The topological polar surface area (TPSA) is 77.0 Å². The molecule has 1 atom stereocenters. The molecule has 0 amide bonds. The molecule has 16 heavy (non-hydrogen) atoms. The summed E-state index contributed by atoms with van der Waals surface area (Å²) in [6.07, 6.45) is 0.628. The molecular formula is C11H22N4O. The maximum atomic E-state index is 5.40. The van der Waals surface area contributed by atoms with Crippen LogP contribution in [-0.4, -0.2) is 23.3 Å². The number of nitrogens with one attached hydrogen (secondary N) is 1. The third-order valence-corrected chi connectivity index (χ3v) is 2.86. The van der Waals surface area contributed by atoms with Crippen molar-refractivity contribution in [2.75, 3.05) is 18.4 Å². The first kappa shape index (κ1) is 13.0. The van der Waals surface area contributed by atoms with Gasteiger partial charge < -0.3 is 15.5 Å². The highest BCUT2D eigenvalue weighted by molar-refractivity contribution is 5.17. The fraction of sp³-hybridized carbons (Fsp3) is 0.818. The molecule has 3 N–H and O–H groups in total. The maximum absolute atomic E-state index is 5.40. The highest BCUT2D eigenvalue weighted by atomic mass is 16.4. The second kappa shape index (κ2) is 5.30. The molecular weight excluding hydrogens is 204 g/mol. The number of hydrogen-bond donors (Lipinski definition) is 2. The summed E-state index contributed by atoms with van der Waals surface area (Å²) in [5.74, 6) is 1.12. The summed E-state index contributed by atoms with van der Waals surface area (Å²) in [7, 11) is 0. The molecule has 5 heteroatoms. The summed E-state index contributed by atoms with van der Waals surface area (Å²) < 4.78 is 5.37. The van der Waals surface area contributed by atoms with Gasteiger partial charge in [0.05, 0.1) is 0 Å². The molecule has 0 radical (unpaired) electrons. The molecule has 0 bridgehead atoms. The lowest BCUT2D eigenvalue weighted by atomic mass is 9.82. The standard InChI is InChI=1S/C11H22N4O/c1-8(11(2,3)4)7-13-10-15-14-9(16-10)5-6-12/h8H,5-7,12H2,1-4H3,(H,13,15). The van der Waals surface area contributed by atoms with Crippen LogP contribution in [0.15, 0.2) is 4.42 Å². The molecule has 5 nitrogen and oxygen atoms in total. The maximum Gasteiger partial charge on any atom is 0.315 e. The SMILES string of the molecule is CC(CNc1nnc(CCN)o1)C(C)(C)C. The van der Waals surface area contributed by atoms with Crippen LogP contribution in [0.1, 0.15) is 33.6 Å². The monoisotopic (exact) mass is 226 g/mol. The number of aromatic nitrogens is 2. The van der Waals surface area contributed by atoms with Gasteiger partial charge in [0.25, 0.3) is 0 Å². The molecule has 0 saturated heterocycles. The van der Waals surface area contributed by atoms with Crippen molar-refractivity contribution in [2.45, 2.75) is 34.1 Å². The second-order valence-electron chi connectivity index (χ2n) is 5.19. The predicted octanol–water partition coefficient (Wildman–Crippen LogP) is 1.66. The van der Waals surface area contributed by atoms with Crippen LogP contribution in [0.3, 0.4) is 0 Å². The first-order valence-corrected chi connectivity index (χ1v) is 5.70. The molecule has 1 rings (SSSR count). The summed E-state index contributed by atoms with van der Waals surface area (Å²) in [4.78, 5) is 0. The fourth-order valence-electron chi connectivity index (χ4n) is 1.10. The van der Waals surface area contributed by atoms with Crippen molar-refractivity contribution in [3.63, 3.8) is 0 Å². The number of hydrogen-bond acceptors (Lipinski definition) is 5. The minimum Gasteiger partial charge on any atom is -0.408 e. The molecule has 92 valence electrons. The Bertz CT molecular complexity index is 316. The minimum absolute atomic E-state index is 0.271. The van der Waals surface area contributed by atoms with Crippen LogP contribution in [0.2, 0.25) is 0 Å². The van der Waals surface area contributed by atoms with Gasteiger partial charge in [0.15, 0.2) is 0 Å². The molecule has 0 aliphatic rings. The lowest BCUT2D eigenvalue weighted by Crippen LogP contribution is -2.24. The van der Waals surface area contributed by atoms with Crippen LogP contribution >= 0.6 is 0 Å². The predicted molar refractivity (Wildman–Crippen MR) is 64.2 cm³/mol. The van der Waals surface area contributed by atoms with Crippen LogP contribution in [0, 0.1) is 11.3 Å². The molecule has 1 aromatic rings. The zero-order chi connectivity index (χ0) is 12.2. The molecule has 0 spiro atoms. The molecule has 1 heterocycles. The van der Waals surface area contributed by atoms with E-state index in [1.165, 1.54) is 0 Å². The number of nitrogens with two attached hydrogens (primary N) is 1. The zero-order valence-corrected chi connectivity index (χ0v) is 10.6. The Morgan fingerprint density at radius 2 is 2.06 bits per heavy atom. The van der Waals surface area contributed by atoms with E-state index >= 15 is 0 Å². The van der Waals surface area contributed by atoms with E-state index in [-0.39, 0.29) is 5.41 Å². The molecule has 0 aromatic carbocycles. The Morgan fingerprint density at radius 3 is 2.62 bits per heavy atom. The van der Waals surface area contributed by atoms with Gasteiger partial charge in [0.1, 0.15) is 0 Å². The Kier molecular flexibility index (Phi) is 4.29. The van der Waals surface area contributed by atoms with Crippen molar-refractivity contribution >= 4 is 6.01 Å². The van der Waals surface area contributed by atoms with Crippen molar-refractivity contribution in [3.05, 3.63) is 5.89 Å². The lowest BCUT2D eigenvalue weighted by molar-refractivity contribution is 0.273. The van der Waals surface area contributed by atoms with Gasteiger partial charge in [-0.2, -0.15) is 0 Å². The van der Waals surface area contributed by atoms with Gasteiger partial charge in [-0.05, 0) is 11.3 Å². The largest absolute Gasteiger partial charge is 0.408 e. The molecule has 0 saturated carbocycles. The summed E-state index contributed by atoms with van der Waals surface area (Å²) in [6.45, 7) is 10.2. The van der Waals surface area contributed by atoms with E-state index in [0.29, 0.717) is 30.8 Å². The van der Waals surface area contributed by atoms with E-state index in [2.05, 4.69) is 43.2 Å². The molecule has 1 aromatic heterocycles. The number of nitrogens with zero attached hydrogens (tertiary/aromatic N) is 2. The average Bonchev–Trinajstić information content (AvgIpc) is 2.61. The van der Waals surface area contributed by atoms with E-state index in [1.807, 2.05) is 0 Å². The highest BCUT2D eigenvalue weighted by Gasteiger charge is 2.20. The van der Waals surface area contributed by atoms with Gasteiger partial charge in [-0.25, -0.2) is 0 Å². The molecule has 0 aliphatic carbocycles. The Labute approximate surface area is 96.8 Å². The van der Waals surface area contributed by atoms with Gasteiger partial charge in [-0.15, -0.1) is 5.10 Å². The Balaban J connectivity index is 2.42. The van der Waals surface area contributed by atoms with Gasteiger partial charge in [0, 0.05) is 19.5 Å². The van der Waals surface area contributed by atoms with Crippen molar-refractivity contribution in [1.82, 2.24) is 10.2 Å². The molecule has 0 aliphatic heterocycles. The van der Waals surface area contributed by atoms with Gasteiger partial charge in [0.2, 0.25) is 5.89 Å². The Morgan fingerprint density at radius 1 is 1.38 bits per heavy atom. The molecule has 0 fully saturated rings. The minimum atomic E-state index is 0.271. The third-order valence-electron chi connectivity index (χ3n) is 2.86. The van der Waals surface area contributed by atoms with E-state index in [4.69, 9.17) is 10.2 Å². The normalized spacial score (nSPS) is 13.8. The lowest BCUT2D eigenvalue weighted by Gasteiger charge is -2.26. The van der Waals surface area contributed by atoms with E-state index in [0.717, 1.165) is 6.54 Å². The van der Waals surface area contributed by atoms with Gasteiger partial charge in [-0.3, -0.25) is 0 Å². The summed E-state index contributed by atoms with van der Waals surface area (Å²) >= 11 is 0. The quantitative estimate of drug-likeness (QED) is 0.798.